The predicted octanol–water partition coefficient (Wildman–Crippen LogP) is 1.81. The highest BCUT2D eigenvalue weighted by atomic mass is 16.1. The van der Waals surface area contributed by atoms with Crippen LogP contribution in [-0.2, 0) is 9.59 Å². The van der Waals surface area contributed by atoms with E-state index in [4.69, 9.17) is 0 Å². The van der Waals surface area contributed by atoms with Gasteiger partial charge in [-0.1, -0.05) is 6.08 Å². The molecule has 0 aromatic carbocycles. The van der Waals surface area contributed by atoms with Crippen LogP contribution in [0.25, 0.3) is 0 Å². The van der Waals surface area contributed by atoms with Crippen molar-refractivity contribution in [3.05, 3.63) is 23.3 Å². The van der Waals surface area contributed by atoms with Gasteiger partial charge in [0.15, 0.2) is 11.6 Å². The third-order valence-corrected chi connectivity index (χ3v) is 1.97. The molecule has 0 bridgehead atoms. The lowest BCUT2D eigenvalue weighted by Gasteiger charge is -2.08. The van der Waals surface area contributed by atoms with Crippen molar-refractivity contribution >= 4 is 11.6 Å². The van der Waals surface area contributed by atoms with Crippen molar-refractivity contribution < 1.29 is 9.59 Å². The highest BCUT2D eigenvalue weighted by molar-refractivity contribution is 6.01. The van der Waals surface area contributed by atoms with Gasteiger partial charge in [-0.05, 0) is 38.3 Å². The molecule has 1 rings (SSSR count). The van der Waals surface area contributed by atoms with Crippen molar-refractivity contribution in [3.8, 4) is 0 Å². The highest BCUT2D eigenvalue weighted by Gasteiger charge is 2.11. The zero-order valence-electron chi connectivity index (χ0n) is 7.39. The Morgan fingerprint density at radius 2 is 1.92 bits per heavy atom. The number of allylic oxidation sites excluding steroid dienone is 4. The van der Waals surface area contributed by atoms with Crippen LogP contribution in [0.4, 0.5) is 0 Å². The Kier molecular flexibility index (Phi) is 2.58. The minimum Gasteiger partial charge on any atom is -0.295 e. The maximum absolute atomic E-state index is 11.0. The third-order valence-electron chi connectivity index (χ3n) is 1.97. The molecule has 0 amide bonds. The molecule has 0 N–H and O–H groups in total. The molecule has 0 saturated carbocycles. The van der Waals surface area contributed by atoms with Gasteiger partial charge in [0, 0.05) is 5.57 Å². The van der Waals surface area contributed by atoms with Crippen LogP contribution in [0.1, 0.15) is 26.7 Å². The first-order valence-corrected chi connectivity index (χ1v) is 4.04. The molecule has 0 aromatic heterocycles. The van der Waals surface area contributed by atoms with E-state index in [-0.39, 0.29) is 11.6 Å². The number of ketones is 2. The molecule has 12 heavy (non-hydrogen) atoms. The number of carbonyl (C=O) groups excluding carboxylic acids is 2. The second-order valence-electron chi connectivity index (χ2n) is 2.98. The lowest BCUT2D eigenvalue weighted by atomic mass is 9.95. The summed E-state index contributed by atoms with van der Waals surface area (Å²) in [5.41, 5.74) is 1.44. The predicted molar refractivity (Wildman–Crippen MR) is 46.8 cm³/mol. The summed E-state index contributed by atoms with van der Waals surface area (Å²) in [7, 11) is 0. The molecule has 0 spiro atoms. The lowest BCUT2D eigenvalue weighted by Crippen LogP contribution is -2.04. The van der Waals surface area contributed by atoms with Gasteiger partial charge in [0.2, 0.25) is 0 Å². The van der Waals surface area contributed by atoms with E-state index in [0.29, 0.717) is 5.57 Å². The van der Waals surface area contributed by atoms with Crippen LogP contribution in [0.3, 0.4) is 0 Å². The van der Waals surface area contributed by atoms with Crippen LogP contribution < -0.4 is 0 Å². The topological polar surface area (TPSA) is 34.1 Å². The van der Waals surface area contributed by atoms with Crippen molar-refractivity contribution in [1.82, 2.24) is 0 Å². The van der Waals surface area contributed by atoms with E-state index in [1.54, 1.807) is 6.08 Å². The fourth-order valence-electron chi connectivity index (χ4n) is 1.22. The summed E-state index contributed by atoms with van der Waals surface area (Å²) >= 11 is 0. The van der Waals surface area contributed by atoms with Gasteiger partial charge in [-0.2, -0.15) is 0 Å². The first kappa shape index (κ1) is 8.91. The largest absolute Gasteiger partial charge is 0.295 e. The van der Waals surface area contributed by atoms with Gasteiger partial charge < -0.3 is 0 Å². The van der Waals surface area contributed by atoms with Gasteiger partial charge in [-0.3, -0.25) is 9.59 Å². The van der Waals surface area contributed by atoms with E-state index >= 15 is 0 Å². The van der Waals surface area contributed by atoms with E-state index in [0.717, 1.165) is 18.4 Å². The van der Waals surface area contributed by atoms with Crippen LogP contribution in [0.2, 0.25) is 0 Å². The molecule has 0 heterocycles. The van der Waals surface area contributed by atoms with Gasteiger partial charge in [0.05, 0.1) is 0 Å². The zero-order chi connectivity index (χ0) is 9.14. The number of rotatable bonds is 2. The molecule has 0 atom stereocenters. The quantitative estimate of drug-likeness (QED) is 0.623. The van der Waals surface area contributed by atoms with Crippen LogP contribution in [0.5, 0.6) is 0 Å². The van der Waals surface area contributed by atoms with Crippen LogP contribution in [-0.4, -0.2) is 11.6 Å². The van der Waals surface area contributed by atoms with Gasteiger partial charge in [-0.25, -0.2) is 0 Å². The van der Waals surface area contributed by atoms with E-state index in [1.165, 1.54) is 13.8 Å². The van der Waals surface area contributed by atoms with Crippen molar-refractivity contribution in [2.24, 2.45) is 0 Å². The van der Waals surface area contributed by atoms with E-state index in [2.05, 4.69) is 0 Å². The first-order valence-electron chi connectivity index (χ1n) is 4.04. The van der Waals surface area contributed by atoms with Crippen LogP contribution in [0.15, 0.2) is 23.3 Å². The smallest absolute Gasteiger partial charge is 0.159 e. The summed E-state index contributed by atoms with van der Waals surface area (Å²) in [5.74, 6) is 0.107. The minimum atomic E-state index is 0.0356. The van der Waals surface area contributed by atoms with Crippen molar-refractivity contribution in [2.45, 2.75) is 26.7 Å². The number of carbonyl (C=O) groups is 2. The molecule has 1 aliphatic rings. The van der Waals surface area contributed by atoms with Crippen molar-refractivity contribution in [1.29, 1.82) is 0 Å². The lowest BCUT2D eigenvalue weighted by molar-refractivity contribution is -0.113. The monoisotopic (exact) mass is 164 g/mol. The molecule has 1 aliphatic carbocycles. The molecule has 0 fully saturated rings. The van der Waals surface area contributed by atoms with E-state index in [9.17, 15) is 9.59 Å². The molecular weight excluding hydrogens is 152 g/mol. The molecule has 0 aromatic rings. The standard InChI is InChI=1S/C10H12O2/c1-7(11)9-4-3-5-10(6-9)8(2)12/h4,6H,3,5H2,1-2H3. The zero-order valence-corrected chi connectivity index (χ0v) is 7.39. The van der Waals surface area contributed by atoms with Gasteiger partial charge >= 0.3 is 0 Å². The fraction of sp³-hybridized carbons (Fsp3) is 0.400. The maximum atomic E-state index is 11.0. The molecule has 2 heteroatoms. The minimum absolute atomic E-state index is 0.0356. The van der Waals surface area contributed by atoms with Crippen molar-refractivity contribution in [2.75, 3.05) is 0 Å². The summed E-state index contributed by atoms with van der Waals surface area (Å²) in [6.45, 7) is 3.06. The average Bonchev–Trinajstić information content (AvgIpc) is 2.04. The van der Waals surface area contributed by atoms with E-state index < -0.39 is 0 Å². The Morgan fingerprint density at radius 1 is 1.25 bits per heavy atom. The highest BCUT2D eigenvalue weighted by Crippen LogP contribution is 2.18. The Bertz CT molecular complexity index is 282. The summed E-state index contributed by atoms with van der Waals surface area (Å²) in [5, 5.41) is 0. The van der Waals surface area contributed by atoms with Gasteiger partial charge in [0.25, 0.3) is 0 Å². The molecule has 0 aliphatic heterocycles. The Hall–Kier alpha value is -1.18. The Morgan fingerprint density at radius 3 is 2.42 bits per heavy atom. The molecular formula is C10H12O2. The Labute approximate surface area is 72.0 Å². The molecule has 0 saturated heterocycles. The van der Waals surface area contributed by atoms with Crippen molar-refractivity contribution in [3.63, 3.8) is 0 Å². The normalized spacial score (nSPS) is 16.5. The molecule has 0 unspecified atom stereocenters. The number of Topliss-reactive ketones (excluding diaryl/α,β-unsaturated/α-hetero) is 2. The second kappa shape index (κ2) is 3.48. The summed E-state index contributed by atoms with van der Waals surface area (Å²) < 4.78 is 0. The molecule has 2 nitrogen and oxygen atoms in total. The SMILES string of the molecule is CC(=O)C1=CCCC(C(C)=O)=C1. The fourth-order valence-corrected chi connectivity index (χ4v) is 1.22. The number of hydrogen-bond acceptors (Lipinski definition) is 2. The molecule has 0 radical (unpaired) electrons. The van der Waals surface area contributed by atoms with E-state index in [1.807, 2.05) is 6.08 Å². The summed E-state index contributed by atoms with van der Waals surface area (Å²) in [6, 6.07) is 0. The summed E-state index contributed by atoms with van der Waals surface area (Å²) in [6.07, 6.45) is 5.16. The Balaban J connectivity index is 2.88. The van der Waals surface area contributed by atoms with Crippen LogP contribution >= 0.6 is 0 Å². The summed E-state index contributed by atoms with van der Waals surface area (Å²) in [4.78, 5) is 21.9. The first-order chi connectivity index (χ1) is 5.61. The van der Waals surface area contributed by atoms with Gasteiger partial charge in [0.1, 0.15) is 0 Å². The van der Waals surface area contributed by atoms with Crippen LogP contribution in [0, 0.1) is 0 Å². The second-order valence-corrected chi connectivity index (χ2v) is 2.98. The number of hydrogen-bond donors (Lipinski definition) is 0. The third kappa shape index (κ3) is 1.91. The van der Waals surface area contributed by atoms with Gasteiger partial charge in [-0.15, -0.1) is 0 Å². The molecule has 64 valence electrons. The average molecular weight is 164 g/mol. The maximum Gasteiger partial charge on any atom is 0.159 e.